The Balaban J connectivity index is 1.93. The number of alkyl halides is 2. The van der Waals surface area contributed by atoms with Gasteiger partial charge >= 0.3 is 0 Å². The Morgan fingerprint density at radius 2 is 2.00 bits per heavy atom. The maximum atomic E-state index is 12.2. The van der Waals surface area contributed by atoms with Gasteiger partial charge in [-0.1, -0.05) is 18.2 Å². The van der Waals surface area contributed by atoms with E-state index in [4.69, 9.17) is 5.73 Å². The van der Waals surface area contributed by atoms with E-state index < -0.39 is 5.76 Å². The molecule has 1 aliphatic carbocycles. The van der Waals surface area contributed by atoms with Crippen molar-refractivity contribution in [1.29, 1.82) is 0 Å². The maximum Gasteiger partial charge on any atom is 0.288 e. The molecule has 0 saturated heterocycles. The molecule has 5 heteroatoms. The SMILES string of the molecule is NCC1CCCC1Nc1ccc(SC(F)F)cc1. The minimum Gasteiger partial charge on any atom is -0.382 e. The molecule has 0 radical (unpaired) electrons. The summed E-state index contributed by atoms with van der Waals surface area (Å²) in [5.41, 5.74) is 6.72. The number of nitrogens with one attached hydrogen (secondary N) is 1. The van der Waals surface area contributed by atoms with E-state index in [0.29, 0.717) is 35.2 Å². The third kappa shape index (κ3) is 3.59. The van der Waals surface area contributed by atoms with Gasteiger partial charge in [-0.25, -0.2) is 0 Å². The monoisotopic (exact) mass is 272 g/mol. The summed E-state index contributed by atoms with van der Waals surface area (Å²) < 4.78 is 24.4. The van der Waals surface area contributed by atoms with Gasteiger partial charge in [0.05, 0.1) is 0 Å². The Hall–Kier alpha value is -0.810. The van der Waals surface area contributed by atoms with Crippen molar-refractivity contribution in [2.24, 2.45) is 11.7 Å². The molecular formula is C13H18F2N2S. The van der Waals surface area contributed by atoms with Crippen LogP contribution in [0.15, 0.2) is 29.2 Å². The standard InChI is InChI=1S/C13H18F2N2S/c14-13(15)18-11-6-4-10(5-7-11)17-12-3-1-2-9(12)8-16/h4-7,9,12-13,17H,1-3,8,16H2. The first-order valence-corrected chi connectivity index (χ1v) is 7.08. The molecule has 0 heterocycles. The Labute approximate surface area is 110 Å². The molecule has 0 spiro atoms. The summed E-state index contributed by atoms with van der Waals surface area (Å²) in [5.74, 6) is -1.83. The molecular weight excluding hydrogens is 254 g/mol. The molecule has 0 bridgehead atoms. The van der Waals surface area contributed by atoms with Crippen LogP contribution in [0.3, 0.4) is 0 Å². The number of benzene rings is 1. The van der Waals surface area contributed by atoms with E-state index in [-0.39, 0.29) is 0 Å². The summed E-state index contributed by atoms with van der Waals surface area (Å²) in [7, 11) is 0. The Morgan fingerprint density at radius 3 is 2.61 bits per heavy atom. The molecule has 0 aromatic heterocycles. The molecule has 1 aromatic carbocycles. The maximum absolute atomic E-state index is 12.2. The van der Waals surface area contributed by atoms with E-state index in [1.54, 1.807) is 12.1 Å². The quantitative estimate of drug-likeness (QED) is 0.805. The van der Waals surface area contributed by atoms with Gasteiger partial charge in [-0.15, -0.1) is 0 Å². The molecule has 2 unspecified atom stereocenters. The zero-order chi connectivity index (χ0) is 13.0. The molecule has 18 heavy (non-hydrogen) atoms. The van der Waals surface area contributed by atoms with Crippen LogP contribution >= 0.6 is 11.8 Å². The van der Waals surface area contributed by atoms with Crippen LogP contribution in [0.4, 0.5) is 14.5 Å². The number of thioether (sulfide) groups is 1. The van der Waals surface area contributed by atoms with Crippen molar-refractivity contribution < 1.29 is 8.78 Å². The van der Waals surface area contributed by atoms with E-state index in [2.05, 4.69) is 5.32 Å². The van der Waals surface area contributed by atoms with Gasteiger partial charge in [0.25, 0.3) is 5.76 Å². The highest BCUT2D eigenvalue weighted by molar-refractivity contribution is 7.99. The van der Waals surface area contributed by atoms with E-state index in [1.165, 1.54) is 12.8 Å². The number of nitrogens with two attached hydrogens (primary N) is 1. The van der Waals surface area contributed by atoms with Crippen LogP contribution in [-0.4, -0.2) is 18.3 Å². The second kappa shape index (κ2) is 6.38. The summed E-state index contributed by atoms with van der Waals surface area (Å²) in [6, 6.07) is 7.59. The van der Waals surface area contributed by atoms with Crippen LogP contribution < -0.4 is 11.1 Å². The van der Waals surface area contributed by atoms with Crippen molar-refractivity contribution in [3.05, 3.63) is 24.3 Å². The molecule has 3 N–H and O–H groups in total. The lowest BCUT2D eigenvalue weighted by Crippen LogP contribution is -2.29. The molecule has 1 saturated carbocycles. The normalized spacial score (nSPS) is 23.6. The number of hydrogen-bond donors (Lipinski definition) is 2. The fourth-order valence-corrected chi connectivity index (χ4v) is 2.95. The van der Waals surface area contributed by atoms with Gasteiger partial charge in [0.2, 0.25) is 0 Å². The summed E-state index contributed by atoms with van der Waals surface area (Å²) in [6.07, 6.45) is 3.52. The molecule has 1 aromatic rings. The predicted octanol–water partition coefficient (Wildman–Crippen LogP) is 3.54. The largest absolute Gasteiger partial charge is 0.382 e. The van der Waals surface area contributed by atoms with Crippen molar-refractivity contribution in [3.8, 4) is 0 Å². The van der Waals surface area contributed by atoms with Crippen molar-refractivity contribution in [2.45, 2.75) is 36.0 Å². The summed E-state index contributed by atoms with van der Waals surface area (Å²) in [5, 5.41) is 3.45. The number of anilines is 1. The average molecular weight is 272 g/mol. The van der Waals surface area contributed by atoms with Crippen LogP contribution in [0.5, 0.6) is 0 Å². The van der Waals surface area contributed by atoms with Crippen molar-refractivity contribution in [3.63, 3.8) is 0 Å². The summed E-state index contributed by atoms with van der Waals surface area (Å²) >= 11 is 0.574. The van der Waals surface area contributed by atoms with Crippen LogP contribution in [0, 0.1) is 5.92 Å². The Morgan fingerprint density at radius 1 is 1.28 bits per heavy atom. The highest BCUT2D eigenvalue weighted by Gasteiger charge is 2.25. The molecule has 2 atom stereocenters. The number of halogens is 2. The van der Waals surface area contributed by atoms with E-state index in [1.807, 2.05) is 12.1 Å². The third-order valence-electron chi connectivity index (χ3n) is 3.39. The van der Waals surface area contributed by atoms with Crippen molar-refractivity contribution >= 4 is 17.4 Å². The van der Waals surface area contributed by atoms with E-state index >= 15 is 0 Å². The van der Waals surface area contributed by atoms with Crippen molar-refractivity contribution in [2.75, 3.05) is 11.9 Å². The molecule has 0 amide bonds. The summed E-state index contributed by atoms with van der Waals surface area (Å²) in [4.78, 5) is 0.595. The van der Waals surface area contributed by atoms with Gasteiger partial charge < -0.3 is 11.1 Å². The number of rotatable bonds is 5. The van der Waals surface area contributed by atoms with Gasteiger partial charge in [-0.3, -0.25) is 0 Å². The Kier molecular flexibility index (Phi) is 4.83. The highest BCUT2D eigenvalue weighted by atomic mass is 32.2. The zero-order valence-electron chi connectivity index (χ0n) is 10.1. The van der Waals surface area contributed by atoms with Gasteiger partial charge in [0.1, 0.15) is 0 Å². The number of hydrogen-bond acceptors (Lipinski definition) is 3. The topological polar surface area (TPSA) is 38.0 Å². The molecule has 2 nitrogen and oxygen atoms in total. The van der Waals surface area contributed by atoms with Crippen LogP contribution in [0.1, 0.15) is 19.3 Å². The zero-order valence-corrected chi connectivity index (χ0v) is 10.9. The fraction of sp³-hybridized carbons (Fsp3) is 0.538. The lowest BCUT2D eigenvalue weighted by atomic mass is 10.0. The van der Waals surface area contributed by atoms with Crippen molar-refractivity contribution in [1.82, 2.24) is 0 Å². The molecule has 2 rings (SSSR count). The van der Waals surface area contributed by atoms with Gasteiger partial charge in [-0.05, 0) is 49.6 Å². The first-order chi connectivity index (χ1) is 8.69. The second-order valence-corrected chi connectivity index (χ2v) is 5.64. The molecule has 1 fully saturated rings. The van der Waals surface area contributed by atoms with Gasteiger partial charge in [-0.2, -0.15) is 8.78 Å². The lowest BCUT2D eigenvalue weighted by Gasteiger charge is -2.20. The predicted molar refractivity (Wildman–Crippen MR) is 72.1 cm³/mol. The Bertz CT molecular complexity index is 370. The summed E-state index contributed by atoms with van der Waals surface area (Å²) in [6.45, 7) is 0.705. The van der Waals surface area contributed by atoms with Crippen LogP contribution in [0.25, 0.3) is 0 Å². The fourth-order valence-electron chi connectivity index (χ4n) is 2.46. The molecule has 0 aliphatic heterocycles. The van der Waals surface area contributed by atoms with E-state index in [0.717, 1.165) is 12.1 Å². The van der Waals surface area contributed by atoms with Crippen LogP contribution in [0.2, 0.25) is 0 Å². The smallest absolute Gasteiger partial charge is 0.288 e. The minimum absolute atomic E-state index is 0.420. The minimum atomic E-state index is -2.36. The molecule has 1 aliphatic rings. The van der Waals surface area contributed by atoms with Crippen LogP contribution in [-0.2, 0) is 0 Å². The third-order valence-corrected chi connectivity index (χ3v) is 4.12. The van der Waals surface area contributed by atoms with Gasteiger partial charge in [0.15, 0.2) is 0 Å². The highest BCUT2D eigenvalue weighted by Crippen LogP contribution is 2.29. The van der Waals surface area contributed by atoms with E-state index in [9.17, 15) is 8.78 Å². The second-order valence-electron chi connectivity index (χ2n) is 4.58. The van der Waals surface area contributed by atoms with Gasteiger partial charge in [0, 0.05) is 16.6 Å². The average Bonchev–Trinajstić information content (AvgIpc) is 2.78. The lowest BCUT2D eigenvalue weighted by molar-refractivity contribution is 0.252. The molecule has 100 valence electrons. The first kappa shape index (κ1) is 13.6. The first-order valence-electron chi connectivity index (χ1n) is 6.20.